The van der Waals surface area contributed by atoms with Gasteiger partial charge in [-0.1, -0.05) is 110 Å². The van der Waals surface area contributed by atoms with Gasteiger partial charge in [-0.2, -0.15) is 0 Å². The van der Waals surface area contributed by atoms with Crippen molar-refractivity contribution in [1.29, 1.82) is 0 Å². The summed E-state index contributed by atoms with van der Waals surface area (Å²) in [7, 11) is -0.372. The van der Waals surface area contributed by atoms with Crippen molar-refractivity contribution in [2.24, 2.45) is 5.92 Å². The molecule has 0 saturated carbocycles. The Morgan fingerprint density at radius 3 is 1.73 bits per heavy atom. The van der Waals surface area contributed by atoms with E-state index >= 15 is 0 Å². The van der Waals surface area contributed by atoms with E-state index in [2.05, 4.69) is 6.92 Å². The summed E-state index contributed by atoms with van der Waals surface area (Å²) in [5, 5.41) is 0. The van der Waals surface area contributed by atoms with E-state index < -0.39 is 7.60 Å². The molecule has 0 fully saturated rings. The molecule has 1 rings (SSSR count). The second kappa shape index (κ2) is 18.5. The molecule has 0 saturated heterocycles. The molecule has 0 amide bonds. The van der Waals surface area contributed by atoms with E-state index in [9.17, 15) is 9.36 Å². The molecule has 6 heteroatoms. The van der Waals surface area contributed by atoms with Crippen molar-refractivity contribution in [3.05, 3.63) is 11.3 Å². The SMILES string of the molecule is CCCCCCCCCCCCCCCCCC[C@H]1CC[P@@](=O)(OC)OC(C)=C1C(=O)OC. The summed E-state index contributed by atoms with van der Waals surface area (Å²) >= 11 is 0. The van der Waals surface area contributed by atoms with Crippen LogP contribution in [0.5, 0.6) is 0 Å². The van der Waals surface area contributed by atoms with Gasteiger partial charge in [0.1, 0.15) is 5.76 Å². The minimum Gasteiger partial charge on any atom is -0.466 e. The number of methoxy groups -OCH3 is 1. The fourth-order valence-corrected chi connectivity index (χ4v) is 6.32. The Hall–Kier alpha value is -0.800. The summed E-state index contributed by atoms with van der Waals surface area (Å²) in [6.45, 7) is 3.97. The molecule has 0 bridgehead atoms. The zero-order chi connectivity index (χ0) is 24.4. The zero-order valence-corrected chi connectivity index (χ0v) is 22.9. The number of carbonyl (C=O) groups excluding carboxylic acids is 1. The van der Waals surface area contributed by atoms with E-state index in [1.54, 1.807) is 6.92 Å². The number of esters is 1. The topological polar surface area (TPSA) is 61.8 Å². The van der Waals surface area contributed by atoms with Crippen LogP contribution in [-0.4, -0.2) is 26.4 Å². The van der Waals surface area contributed by atoms with Gasteiger partial charge in [0.25, 0.3) is 0 Å². The summed E-state index contributed by atoms with van der Waals surface area (Å²) in [5.41, 5.74) is 0.535. The van der Waals surface area contributed by atoms with Crippen molar-refractivity contribution in [2.45, 2.75) is 129 Å². The summed E-state index contributed by atoms with van der Waals surface area (Å²) in [4.78, 5) is 12.3. The highest BCUT2D eigenvalue weighted by molar-refractivity contribution is 7.53. The van der Waals surface area contributed by atoms with Crippen LogP contribution < -0.4 is 0 Å². The number of hydrogen-bond acceptors (Lipinski definition) is 5. The Kier molecular flexibility index (Phi) is 17.0. The van der Waals surface area contributed by atoms with Crippen molar-refractivity contribution < 1.29 is 23.1 Å². The lowest BCUT2D eigenvalue weighted by Gasteiger charge is -2.17. The third kappa shape index (κ3) is 13.0. The first-order chi connectivity index (χ1) is 16.0. The van der Waals surface area contributed by atoms with Crippen LogP contribution in [0.3, 0.4) is 0 Å². The minimum atomic E-state index is -3.16. The minimum absolute atomic E-state index is 0.0232. The molecule has 0 aliphatic carbocycles. The van der Waals surface area contributed by atoms with Crippen LogP contribution >= 0.6 is 7.60 Å². The standard InChI is InChI=1S/C27H51O5P/c1-5-6-7-8-9-10-11-12-13-14-15-16-17-18-19-20-21-25-22-23-33(29,31-4)32-24(2)26(25)27(28)30-3/h25H,5-23H2,1-4H3/t25-,33+/m0/s1. The number of ether oxygens (including phenoxy) is 1. The molecule has 33 heavy (non-hydrogen) atoms. The van der Waals surface area contributed by atoms with Gasteiger partial charge in [-0.15, -0.1) is 0 Å². The lowest BCUT2D eigenvalue weighted by atomic mass is 9.89. The number of rotatable bonds is 19. The average molecular weight is 487 g/mol. The van der Waals surface area contributed by atoms with E-state index in [4.69, 9.17) is 13.8 Å². The largest absolute Gasteiger partial charge is 0.466 e. The Balaban J connectivity index is 2.13. The number of unbranched alkanes of at least 4 members (excludes halogenated alkanes) is 15. The van der Waals surface area contributed by atoms with Crippen LogP contribution in [0.25, 0.3) is 0 Å². The van der Waals surface area contributed by atoms with Crippen LogP contribution in [0.1, 0.15) is 129 Å². The van der Waals surface area contributed by atoms with Gasteiger partial charge in [0.2, 0.25) is 0 Å². The van der Waals surface area contributed by atoms with Crippen molar-refractivity contribution in [2.75, 3.05) is 20.4 Å². The molecule has 0 spiro atoms. The van der Waals surface area contributed by atoms with Gasteiger partial charge in [-0.25, -0.2) is 9.36 Å². The summed E-state index contributed by atoms with van der Waals surface area (Å²) in [6, 6.07) is 0. The molecule has 0 N–H and O–H groups in total. The van der Waals surface area contributed by atoms with Crippen molar-refractivity contribution >= 4 is 13.6 Å². The molecule has 0 aromatic carbocycles. The second-order valence-electron chi connectivity index (χ2n) is 9.65. The Labute approximate surface area is 203 Å². The van der Waals surface area contributed by atoms with Crippen LogP contribution in [0.2, 0.25) is 0 Å². The third-order valence-corrected chi connectivity index (χ3v) is 8.82. The average Bonchev–Trinajstić information content (AvgIpc) is 2.94. The Morgan fingerprint density at radius 2 is 1.30 bits per heavy atom. The van der Waals surface area contributed by atoms with E-state index in [0.29, 0.717) is 23.9 Å². The fourth-order valence-electron chi connectivity index (χ4n) is 4.83. The number of carbonyl (C=O) groups is 1. The van der Waals surface area contributed by atoms with Crippen LogP contribution in [0, 0.1) is 5.92 Å². The highest BCUT2D eigenvalue weighted by Gasteiger charge is 2.35. The first-order valence-electron chi connectivity index (χ1n) is 13.6. The van der Waals surface area contributed by atoms with Crippen LogP contribution in [-0.2, 0) is 23.1 Å². The predicted octanol–water partition coefficient (Wildman–Crippen LogP) is 8.96. The predicted molar refractivity (Wildman–Crippen MR) is 138 cm³/mol. The van der Waals surface area contributed by atoms with E-state index in [0.717, 1.165) is 12.8 Å². The quantitative estimate of drug-likeness (QED) is 0.104. The number of allylic oxidation sites excluding steroid dienone is 1. The molecule has 194 valence electrons. The van der Waals surface area contributed by atoms with Gasteiger partial charge in [-0.3, -0.25) is 0 Å². The summed E-state index contributed by atoms with van der Waals surface area (Å²) < 4.78 is 28.3. The molecule has 0 unspecified atom stereocenters. The maximum atomic E-state index is 12.6. The van der Waals surface area contributed by atoms with E-state index in [1.807, 2.05) is 0 Å². The fraction of sp³-hybridized carbons (Fsp3) is 0.889. The molecule has 1 aliphatic heterocycles. The van der Waals surface area contributed by atoms with Crippen molar-refractivity contribution in [3.63, 3.8) is 0 Å². The van der Waals surface area contributed by atoms with Gasteiger partial charge in [0.15, 0.2) is 0 Å². The molecule has 2 atom stereocenters. The maximum Gasteiger partial charge on any atom is 0.378 e. The normalized spacial score (nSPS) is 21.0. The molecule has 0 radical (unpaired) electrons. The van der Waals surface area contributed by atoms with Gasteiger partial charge in [0.05, 0.1) is 18.8 Å². The first kappa shape index (κ1) is 30.2. The maximum absolute atomic E-state index is 12.6. The third-order valence-electron chi connectivity index (χ3n) is 6.90. The smallest absolute Gasteiger partial charge is 0.378 e. The van der Waals surface area contributed by atoms with E-state index in [1.165, 1.54) is 111 Å². The van der Waals surface area contributed by atoms with Crippen LogP contribution in [0.4, 0.5) is 0 Å². The first-order valence-corrected chi connectivity index (χ1v) is 15.3. The van der Waals surface area contributed by atoms with Gasteiger partial charge in [0, 0.05) is 7.11 Å². The van der Waals surface area contributed by atoms with Crippen LogP contribution in [0.15, 0.2) is 11.3 Å². The van der Waals surface area contributed by atoms with Crippen molar-refractivity contribution in [3.8, 4) is 0 Å². The molecular weight excluding hydrogens is 435 g/mol. The highest BCUT2D eigenvalue weighted by Crippen LogP contribution is 2.54. The molecule has 0 aromatic heterocycles. The molecule has 5 nitrogen and oxygen atoms in total. The Morgan fingerprint density at radius 1 is 0.848 bits per heavy atom. The number of hydrogen-bond donors (Lipinski definition) is 0. The lowest BCUT2D eigenvalue weighted by molar-refractivity contribution is -0.137. The lowest BCUT2D eigenvalue weighted by Crippen LogP contribution is -2.16. The summed E-state index contributed by atoms with van der Waals surface area (Å²) in [5.74, 6) is 0.0413. The second-order valence-corrected chi connectivity index (χ2v) is 11.9. The molecule has 0 aromatic rings. The van der Waals surface area contributed by atoms with Crippen molar-refractivity contribution in [1.82, 2.24) is 0 Å². The highest BCUT2D eigenvalue weighted by atomic mass is 31.2. The van der Waals surface area contributed by atoms with E-state index in [-0.39, 0.29) is 11.9 Å². The van der Waals surface area contributed by atoms with Gasteiger partial charge in [-0.05, 0) is 25.7 Å². The van der Waals surface area contributed by atoms with Gasteiger partial charge >= 0.3 is 13.6 Å². The molecular formula is C27H51O5P. The Bertz CT molecular complexity index is 601. The zero-order valence-electron chi connectivity index (χ0n) is 22.0. The van der Waals surface area contributed by atoms with Gasteiger partial charge < -0.3 is 13.8 Å². The molecule has 1 heterocycles. The summed E-state index contributed by atoms with van der Waals surface area (Å²) in [6.07, 6.45) is 23.4. The monoisotopic (exact) mass is 486 g/mol. The molecule has 1 aliphatic rings.